The standard InChI is InChI=1S/C37H58/c1-9-11-13-15-17-19-21-30-23-32(28-34(26-30)36(3,4)5)25-33-24-31(22-20-18-16-14-12-10-2)27-35(29-33)37(6,7)8/h23-24,26-27H,9-22,25H2,1-8H3. The molecule has 0 N–H and O–H groups in total. The van der Waals surface area contributed by atoms with Crippen molar-refractivity contribution in [1.29, 1.82) is 0 Å². The third kappa shape index (κ3) is 12.2. The molecular weight excluding hydrogens is 444 g/mol. The molecule has 0 aliphatic heterocycles. The van der Waals surface area contributed by atoms with Crippen LogP contribution >= 0.6 is 0 Å². The molecule has 0 nitrogen and oxygen atoms in total. The van der Waals surface area contributed by atoms with Gasteiger partial charge in [0.05, 0.1) is 0 Å². The molecule has 0 atom stereocenters. The van der Waals surface area contributed by atoms with Crippen molar-refractivity contribution in [2.45, 2.75) is 163 Å². The van der Waals surface area contributed by atoms with Gasteiger partial charge >= 0.3 is 0 Å². The zero-order chi connectivity index (χ0) is 27.3. The van der Waals surface area contributed by atoms with Gasteiger partial charge in [-0.25, -0.2) is 0 Å². The predicted molar refractivity (Wildman–Crippen MR) is 165 cm³/mol. The molecule has 37 heavy (non-hydrogen) atoms. The van der Waals surface area contributed by atoms with Gasteiger partial charge < -0.3 is 0 Å². The summed E-state index contributed by atoms with van der Waals surface area (Å²) in [6.45, 7) is 18.5. The topological polar surface area (TPSA) is 0 Å². The van der Waals surface area contributed by atoms with Crippen molar-refractivity contribution in [3.05, 3.63) is 69.8 Å². The van der Waals surface area contributed by atoms with E-state index in [-0.39, 0.29) is 10.8 Å². The molecule has 0 aliphatic rings. The second-order valence-corrected chi connectivity index (χ2v) is 13.6. The quantitative estimate of drug-likeness (QED) is 0.200. The number of hydrogen-bond acceptors (Lipinski definition) is 0. The van der Waals surface area contributed by atoms with Crippen molar-refractivity contribution < 1.29 is 0 Å². The number of unbranched alkanes of at least 4 members (excludes halogenated alkanes) is 10. The van der Waals surface area contributed by atoms with Crippen LogP contribution in [0.4, 0.5) is 0 Å². The minimum atomic E-state index is 0.117. The summed E-state index contributed by atoms with van der Waals surface area (Å²) >= 11 is 0. The van der Waals surface area contributed by atoms with Gasteiger partial charge in [0.25, 0.3) is 0 Å². The summed E-state index contributed by atoms with van der Waals surface area (Å²) < 4.78 is 0. The number of benzene rings is 2. The maximum atomic E-state index is 3.82. The van der Waals surface area contributed by atoms with Crippen LogP contribution in [0.15, 0.2) is 24.3 Å². The molecule has 0 fully saturated rings. The molecule has 0 amide bonds. The Kier molecular flexibility index (Phi) is 13.5. The van der Waals surface area contributed by atoms with Gasteiger partial charge in [-0.1, -0.05) is 144 Å². The van der Waals surface area contributed by atoms with Gasteiger partial charge in [-0.05, 0) is 88.4 Å². The first kappa shape index (κ1) is 31.7. The average Bonchev–Trinajstić information content (AvgIpc) is 2.82. The van der Waals surface area contributed by atoms with Gasteiger partial charge in [0, 0.05) is 0 Å². The highest BCUT2D eigenvalue weighted by Crippen LogP contribution is 2.29. The number of aryl methyl sites for hydroxylation is 2. The third-order valence-electron chi connectivity index (χ3n) is 7.60. The Morgan fingerprint density at radius 2 is 0.838 bits per heavy atom. The van der Waals surface area contributed by atoms with E-state index in [0.29, 0.717) is 0 Å². The molecular formula is C37H58. The molecule has 0 saturated carbocycles. The largest absolute Gasteiger partial charge is 0.0654 e. The highest BCUT2D eigenvalue weighted by Gasteiger charge is 2.18. The lowest BCUT2D eigenvalue weighted by Gasteiger charge is -2.23. The maximum Gasteiger partial charge on any atom is -0.00130 e. The van der Waals surface area contributed by atoms with Gasteiger partial charge in [0.1, 0.15) is 0 Å². The van der Waals surface area contributed by atoms with Crippen LogP contribution < -0.4 is 0 Å². The van der Waals surface area contributed by atoms with Crippen molar-refractivity contribution >= 4 is 0 Å². The molecule has 0 spiro atoms. The van der Waals surface area contributed by atoms with E-state index in [9.17, 15) is 0 Å². The second-order valence-electron chi connectivity index (χ2n) is 13.6. The molecule has 2 rings (SSSR count). The van der Waals surface area contributed by atoms with Crippen LogP contribution in [0.5, 0.6) is 0 Å². The van der Waals surface area contributed by atoms with E-state index in [4.69, 9.17) is 0 Å². The van der Waals surface area contributed by atoms with Crippen molar-refractivity contribution in [3.8, 4) is 0 Å². The van der Waals surface area contributed by atoms with Crippen molar-refractivity contribution in [2.24, 2.45) is 0 Å². The molecule has 2 aromatic carbocycles. The molecule has 0 aromatic heterocycles. The first-order valence-corrected chi connectivity index (χ1v) is 15.6. The molecule has 2 aromatic rings. The summed E-state index contributed by atoms with van der Waals surface area (Å²) in [5.74, 6) is 0. The van der Waals surface area contributed by atoms with Crippen LogP contribution in [0.1, 0.15) is 166 Å². The zero-order valence-electron chi connectivity index (χ0n) is 25.9. The van der Waals surface area contributed by atoms with E-state index in [0.717, 1.165) is 6.42 Å². The van der Waals surface area contributed by atoms with Crippen LogP contribution in [-0.2, 0) is 30.1 Å². The minimum absolute atomic E-state index is 0.117. The third-order valence-corrected chi connectivity index (χ3v) is 7.60. The van der Waals surface area contributed by atoms with Gasteiger partial charge in [-0.3, -0.25) is 0 Å². The summed E-state index contributed by atoms with van der Waals surface area (Å²) in [5.41, 5.74) is 8.59. The Labute approximate surface area is 232 Å². The second kappa shape index (κ2) is 15.8. The fourth-order valence-electron chi connectivity index (χ4n) is 5.10. The van der Waals surface area contributed by atoms with Crippen LogP contribution in [0, 0.1) is 12.1 Å². The lowest BCUT2D eigenvalue weighted by atomic mass is 9.82. The van der Waals surface area contributed by atoms with Crippen LogP contribution in [-0.4, -0.2) is 0 Å². The Morgan fingerprint density at radius 1 is 0.486 bits per heavy atom. The van der Waals surface area contributed by atoms with E-state index in [1.54, 1.807) is 0 Å². The molecule has 0 unspecified atom stereocenters. The molecule has 0 heteroatoms. The summed E-state index contributed by atoms with van der Waals surface area (Å²) in [6.07, 6.45) is 19.5. The molecule has 0 bridgehead atoms. The summed E-state index contributed by atoms with van der Waals surface area (Å²) in [5, 5.41) is 0. The first-order valence-electron chi connectivity index (χ1n) is 15.6. The summed E-state index contributed by atoms with van der Waals surface area (Å²) in [7, 11) is 0. The highest BCUT2D eigenvalue weighted by molar-refractivity contribution is 5.39. The Hall–Kier alpha value is -1.56. The van der Waals surface area contributed by atoms with Gasteiger partial charge in [0.2, 0.25) is 0 Å². The van der Waals surface area contributed by atoms with Crippen molar-refractivity contribution in [2.75, 3.05) is 0 Å². The monoisotopic (exact) mass is 502 g/mol. The molecule has 2 radical (unpaired) electrons. The van der Waals surface area contributed by atoms with Gasteiger partial charge in [-0.2, -0.15) is 0 Å². The minimum Gasteiger partial charge on any atom is -0.0654 e. The van der Waals surface area contributed by atoms with Gasteiger partial charge in [-0.15, -0.1) is 0 Å². The van der Waals surface area contributed by atoms with E-state index in [1.165, 1.54) is 123 Å². The van der Waals surface area contributed by atoms with Crippen LogP contribution in [0.3, 0.4) is 0 Å². The summed E-state index contributed by atoms with van der Waals surface area (Å²) in [4.78, 5) is 0. The van der Waals surface area contributed by atoms with Crippen molar-refractivity contribution in [1.82, 2.24) is 0 Å². The molecule has 0 aliphatic carbocycles. The Balaban J connectivity index is 2.20. The van der Waals surface area contributed by atoms with Crippen LogP contribution in [0.25, 0.3) is 0 Å². The Morgan fingerprint density at radius 3 is 1.19 bits per heavy atom. The Bertz CT molecular complexity index is 827. The zero-order valence-corrected chi connectivity index (χ0v) is 25.9. The predicted octanol–water partition coefficient (Wildman–Crippen LogP) is 11.3. The normalized spacial score (nSPS) is 12.3. The smallest absolute Gasteiger partial charge is 0.00130 e. The molecule has 206 valence electrons. The SMILES string of the molecule is CCCCCCCCc1cc(Cc2[c]c(C(C)(C)C)cc(CCCCCCCC)c2)[c]c(C(C)(C)C)c1. The maximum absolute atomic E-state index is 3.82. The number of hydrogen-bond donors (Lipinski definition) is 0. The number of rotatable bonds is 16. The van der Waals surface area contributed by atoms with E-state index in [2.05, 4.69) is 91.8 Å². The van der Waals surface area contributed by atoms with Crippen molar-refractivity contribution in [3.63, 3.8) is 0 Å². The van der Waals surface area contributed by atoms with E-state index < -0.39 is 0 Å². The first-order chi connectivity index (χ1) is 17.5. The molecule has 0 saturated heterocycles. The fraction of sp³-hybridized carbons (Fsp3) is 0.676. The van der Waals surface area contributed by atoms with E-state index in [1.807, 2.05) is 0 Å². The lowest BCUT2D eigenvalue weighted by Crippen LogP contribution is -2.14. The van der Waals surface area contributed by atoms with Crippen LogP contribution in [0.2, 0.25) is 0 Å². The van der Waals surface area contributed by atoms with E-state index >= 15 is 0 Å². The fourth-order valence-corrected chi connectivity index (χ4v) is 5.10. The lowest BCUT2D eigenvalue weighted by molar-refractivity contribution is 0.583. The molecule has 0 heterocycles. The van der Waals surface area contributed by atoms with Gasteiger partial charge in [0.15, 0.2) is 0 Å². The highest BCUT2D eigenvalue weighted by atomic mass is 14.2. The average molecular weight is 503 g/mol. The summed E-state index contributed by atoms with van der Waals surface area (Å²) in [6, 6.07) is 17.4.